The van der Waals surface area contributed by atoms with Crippen molar-refractivity contribution in [3.8, 4) is 0 Å². The van der Waals surface area contributed by atoms with Crippen LogP contribution in [0.3, 0.4) is 0 Å². The van der Waals surface area contributed by atoms with Crippen LogP contribution in [0.4, 0.5) is 0 Å². The van der Waals surface area contributed by atoms with Gasteiger partial charge in [-0.05, 0) is 42.2 Å². The Hall–Kier alpha value is -0.940. The normalized spacial score (nSPS) is 12.4. The number of nitrogens with zero attached hydrogens (tertiary/aromatic N) is 1. The molecule has 3 N–H and O–H groups in total. The van der Waals surface area contributed by atoms with E-state index in [4.69, 9.17) is 17.4 Å². The highest BCUT2D eigenvalue weighted by Crippen LogP contribution is 2.26. The zero-order valence-corrected chi connectivity index (χ0v) is 13.6. The summed E-state index contributed by atoms with van der Waals surface area (Å²) in [5, 5.41) is 0.730. The van der Waals surface area contributed by atoms with E-state index in [2.05, 4.69) is 39.3 Å². The smallest absolute Gasteiger partial charge is 0.0675 e. The molecule has 0 aliphatic heterocycles. The third-order valence-corrected chi connectivity index (χ3v) is 4.12. The number of hydrazine groups is 1. The number of hydrogen-bond donors (Lipinski definition) is 2. The van der Waals surface area contributed by atoms with Crippen molar-refractivity contribution in [1.82, 2.24) is 10.4 Å². The molecule has 0 fully saturated rings. The van der Waals surface area contributed by atoms with Gasteiger partial charge in [0.15, 0.2) is 0 Å². The third kappa shape index (κ3) is 3.58. The molecule has 2 rings (SSSR count). The van der Waals surface area contributed by atoms with Gasteiger partial charge in [0.25, 0.3) is 0 Å². The fraction of sp³-hybridized carbons (Fsp3) is 0.267. The Morgan fingerprint density at radius 3 is 2.80 bits per heavy atom. The second-order valence-electron chi connectivity index (χ2n) is 4.56. The fourth-order valence-electron chi connectivity index (χ4n) is 2.21. The number of benzene rings is 1. The van der Waals surface area contributed by atoms with Crippen molar-refractivity contribution >= 4 is 27.5 Å². The minimum atomic E-state index is -0.0511. The van der Waals surface area contributed by atoms with Crippen LogP contribution in [0, 0.1) is 0 Å². The largest absolute Gasteiger partial charge is 0.271 e. The van der Waals surface area contributed by atoms with Gasteiger partial charge in [0.2, 0.25) is 0 Å². The summed E-state index contributed by atoms with van der Waals surface area (Å²) in [5.41, 5.74) is 6.08. The van der Waals surface area contributed by atoms with Crippen LogP contribution in [0.15, 0.2) is 41.0 Å². The lowest BCUT2D eigenvalue weighted by atomic mass is 9.99. The van der Waals surface area contributed by atoms with E-state index in [1.807, 2.05) is 24.3 Å². The SMILES string of the molecule is CCc1cccnc1C(Cc1ccc(Br)cc1Cl)NN. The van der Waals surface area contributed by atoms with Gasteiger partial charge < -0.3 is 0 Å². The van der Waals surface area contributed by atoms with Crippen LogP contribution in [0.25, 0.3) is 0 Å². The van der Waals surface area contributed by atoms with E-state index in [-0.39, 0.29) is 6.04 Å². The number of hydrogen-bond acceptors (Lipinski definition) is 3. The van der Waals surface area contributed by atoms with E-state index in [0.29, 0.717) is 6.42 Å². The summed E-state index contributed by atoms with van der Waals surface area (Å²) in [5.74, 6) is 5.71. The molecule has 0 spiro atoms. The van der Waals surface area contributed by atoms with Gasteiger partial charge in [-0.25, -0.2) is 0 Å². The van der Waals surface area contributed by atoms with E-state index < -0.39 is 0 Å². The zero-order valence-electron chi connectivity index (χ0n) is 11.2. The maximum absolute atomic E-state index is 6.27. The van der Waals surface area contributed by atoms with Crippen LogP contribution < -0.4 is 11.3 Å². The molecule has 1 aromatic carbocycles. The Kier molecular flexibility index (Phi) is 5.54. The number of nitrogens with two attached hydrogens (primary N) is 1. The highest BCUT2D eigenvalue weighted by Gasteiger charge is 2.16. The minimum absolute atomic E-state index is 0.0511. The molecule has 0 aliphatic rings. The third-order valence-electron chi connectivity index (χ3n) is 3.28. The Bertz CT molecular complexity index is 589. The molecule has 3 nitrogen and oxygen atoms in total. The molecule has 0 bridgehead atoms. The maximum atomic E-state index is 6.27. The van der Waals surface area contributed by atoms with Gasteiger partial charge in [-0.1, -0.05) is 46.6 Å². The first kappa shape index (κ1) is 15.4. The van der Waals surface area contributed by atoms with Crippen LogP contribution in [0.5, 0.6) is 0 Å². The van der Waals surface area contributed by atoms with Crippen molar-refractivity contribution in [2.75, 3.05) is 0 Å². The van der Waals surface area contributed by atoms with Crippen molar-refractivity contribution in [3.63, 3.8) is 0 Å². The predicted molar refractivity (Wildman–Crippen MR) is 86.5 cm³/mol. The minimum Gasteiger partial charge on any atom is -0.271 e. The maximum Gasteiger partial charge on any atom is 0.0675 e. The van der Waals surface area contributed by atoms with Crippen LogP contribution in [-0.4, -0.2) is 4.98 Å². The molecule has 5 heteroatoms. The molecule has 0 saturated carbocycles. The second kappa shape index (κ2) is 7.18. The summed E-state index contributed by atoms with van der Waals surface area (Å²) >= 11 is 9.68. The molecule has 1 heterocycles. The summed E-state index contributed by atoms with van der Waals surface area (Å²) in [6.07, 6.45) is 3.42. The molecular formula is C15H17BrClN3. The Morgan fingerprint density at radius 1 is 1.35 bits per heavy atom. The Balaban J connectivity index is 2.29. The quantitative estimate of drug-likeness (QED) is 0.634. The first-order valence-corrected chi connectivity index (χ1v) is 7.66. The Morgan fingerprint density at radius 2 is 2.15 bits per heavy atom. The van der Waals surface area contributed by atoms with Crippen molar-refractivity contribution < 1.29 is 0 Å². The first-order valence-electron chi connectivity index (χ1n) is 6.49. The first-order chi connectivity index (χ1) is 9.65. The lowest BCUT2D eigenvalue weighted by Crippen LogP contribution is -2.31. The average Bonchev–Trinajstić information content (AvgIpc) is 2.46. The molecule has 1 atom stereocenters. The van der Waals surface area contributed by atoms with Crippen molar-refractivity contribution in [2.24, 2.45) is 5.84 Å². The number of aromatic nitrogens is 1. The molecule has 0 saturated heterocycles. The van der Waals surface area contributed by atoms with Crippen molar-refractivity contribution in [3.05, 3.63) is 62.8 Å². The van der Waals surface area contributed by atoms with Gasteiger partial charge >= 0.3 is 0 Å². The summed E-state index contributed by atoms with van der Waals surface area (Å²) in [7, 11) is 0. The monoisotopic (exact) mass is 353 g/mol. The molecule has 2 aromatic rings. The summed E-state index contributed by atoms with van der Waals surface area (Å²) in [4.78, 5) is 4.47. The molecule has 106 valence electrons. The van der Waals surface area contributed by atoms with Crippen molar-refractivity contribution in [1.29, 1.82) is 0 Å². The van der Waals surface area contributed by atoms with Gasteiger partial charge in [-0.3, -0.25) is 16.3 Å². The van der Waals surface area contributed by atoms with Gasteiger partial charge in [-0.2, -0.15) is 0 Å². The lowest BCUT2D eigenvalue weighted by molar-refractivity contribution is 0.533. The topological polar surface area (TPSA) is 50.9 Å². The number of pyridine rings is 1. The van der Waals surface area contributed by atoms with E-state index in [0.717, 1.165) is 27.2 Å². The van der Waals surface area contributed by atoms with E-state index in [1.54, 1.807) is 6.20 Å². The highest BCUT2D eigenvalue weighted by atomic mass is 79.9. The second-order valence-corrected chi connectivity index (χ2v) is 5.88. The van der Waals surface area contributed by atoms with Gasteiger partial charge in [0.05, 0.1) is 11.7 Å². The molecular weight excluding hydrogens is 338 g/mol. The summed E-state index contributed by atoms with van der Waals surface area (Å²) < 4.78 is 0.968. The average molecular weight is 355 g/mol. The van der Waals surface area contributed by atoms with E-state index in [1.165, 1.54) is 5.56 Å². The van der Waals surface area contributed by atoms with E-state index >= 15 is 0 Å². The standard InChI is InChI=1S/C15H17BrClN3/c1-2-10-4-3-7-19-15(10)14(20-18)8-11-5-6-12(16)9-13(11)17/h3-7,9,14,20H,2,8,18H2,1H3. The molecule has 0 amide bonds. The van der Waals surface area contributed by atoms with Gasteiger partial charge in [-0.15, -0.1) is 0 Å². The van der Waals surface area contributed by atoms with Crippen molar-refractivity contribution in [2.45, 2.75) is 25.8 Å². The molecule has 0 aliphatic carbocycles. The van der Waals surface area contributed by atoms with Crippen LogP contribution in [0.1, 0.15) is 29.8 Å². The number of rotatable bonds is 5. The highest BCUT2D eigenvalue weighted by molar-refractivity contribution is 9.10. The van der Waals surface area contributed by atoms with Gasteiger partial charge in [0.1, 0.15) is 0 Å². The molecule has 1 unspecified atom stereocenters. The number of nitrogens with one attached hydrogen (secondary N) is 1. The fourth-order valence-corrected chi connectivity index (χ4v) is 2.96. The van der Waals surface area contributed by atoms with Gasteiger partial charge in [0, 0.05) is 15.7 Å². The zero-order chi connectivity index (χ0) is 14.5. The lowest BCUT2D eigenvalue weighted by Gasteiger charge is -2.19. The van der Waals surface area contributed by atoms with E-state index in [9.17, 15) is 0 Å². The number of halogens is 2. The number of aryl methyl sites for hydroxylation is 1. The van der Waals surface area contributed by atoms with Crippen LogP contribution in [0.2, 0.25) is 5.02 Å². The van der Waals surface area contributed by atoms with Crippen LogP contribution >= 0.6 is 27.5 Å². The summed E-state index contributed by atoms with van der Waals surface area (Å²) in [6.45, 7) is 2.11. The molecule has 20 heavy (non-hydrogen) atoms. The molecule has 1 aromatic heterocycles. The predicted octanol–water partition coefficient (Wildman–Crippen LogP) is 3.81. The Labute approximate surface area is 132 Å². The summed E-state index contributed by atoms with van der Waals surface area (Å²) in [6, 6.07) is 9.85. The van der Waals surface area contributed by atoms with Crippen LogP contribution in [-0.2, 0) is 12.8 Å². The molecule has 0 radical (unpaired) electrons.